The minimum atomic E-state index is -0.506. The summed E-state index contributed by atoms with van der Waals surface area (Å²) in [5, 5.41) is 4.73. The van der Waals surface area contributed by atoms with E-state index in [4.69, 9.17) is 15.6 Å². The highest BCUT2D eigenvalue weighted by molar-refractivity contribution is 5.79. The molecule has 2 heterocycles. The van der Waals surface area contributed by atoms with Crippen LogP contribution in [0.3, 0.4) is 0 Å². The number of allylic oxidation sites excluding steroid dienone is 5. The van der Waals surface area contributed by atoms with E-state index in [-0.39, 0.29) is 5.82 Å². The van der Waals surface area contributed by atoms with Crippen LogP contribution < -0.4 is 5.73 Å². The van der Waals surface area contributed by atoms with Gasteiger partial charge in [0.1, 0.15) is 18.3 Å². The number of nitrogens with two attached hydrogens (primary N) is 1. The van der Waals surface area contributed by atoms with Crippen molar-refractivity contribution in [2.24, 2.45) is 5.73 Å². The Kier molecular flexibility index (Phi) is 10.9. The van der Waals surface area contributed by atoms with Gasteiger partial charge in [-0.3, -0.25) is 4.68 Å². The lowest BCUT2D eigenvalue weighted by Gasteiger charge is -2.09. The number of ether oxygens (including phenoxy) is 1. The lowest BCUT2D eigenvalue weighted by atomic mass is 10.0. The van der Waals surface area contributed by atoms with Gasteiger partial charge in [0.05, 0.1) is 12.8 Å². The molecule has 3 rings (SSSR count). The molecular weight excluding hydrogens is 408 g/mol. The molecule has 2 N–H and O–H groups in total. The van der Waals surface area contributed by atoms with E-state index in [0.717, 1.165) is 48.4 Å². The van der Waals surface area contributed by atoms with Crippen LogP contribution in [0.1, 0.15) is 56.5 Å². The van der Waals surface area contributed by atoms with Gasteiger partial charge in [-0.1, -0.05) is 31.6 Å². The molecule has 6 heteroatoms. The Morgan fingerprint density at radius 1 is 1.22 bits per heavy atom. The molecule has 0 radical (unpaired) electrons. The predicted octanol–water partition coefficient (Wildman–Crippen LogP) is 6.13. The fourth-order valence-electron chi connectivity index (χ4n) is 3.53. The van der Waals surface area contributed by atoms with E-state index in [1.807, 2.05) is 25.2 Å². The van der Waals surface area contributed by atoms with Gasteiger partial charge in [0.15, 0.2) is 0 Å². The van der Waals surface area contributed by atoms with Gasteiger partial charge in [-0.05, 0) is 74.1 Å². The standard InChI is InChI=1S/C19H27FN2O.C7H8FN/c1-4-9-17(23-3)13-18(15(5-2)14-20)19-12-16-10-7-6-8-11-22(16)21-19;8-7-3-1-6(5-9)2-4-7/h5,9,12-13H,4,6-8,10-11,14H2,1-3H3;1-4H,5,9H2/b15-5-,17-9-,18-13+;. The minimum absolute atomic E-state index is 0.216. The Bertz CT molecular complexity index is 904. The van der Waals surface area contributed by atoms with Gasteiger partial charge in [0.2, 0.25) is 0 Å². The zero-order valence-corrected chi connectivity index (χ0v) is 19.4. The van der Waals surface area contributed by atoms with Crippen LogP contribution in [-0.2, 0) is 24.2 Å². The van der Waals surface area contributed by atoms with E-state index >= 15 is 0 Å². The molecule has 0 spiro atoms. The Hall–Kier alpha value is -2.73. The Morgan fingerprint density at radius 3 is 2.56 bits per heavy atom. The summed E-state index contributed by atoms with van der Waals surface area (Å²) >= 11 is 0. The lowest BCUT2D eigenvalue weighted by molar-refractivity contribution is 0.305. The van der Waals surface area contributed by atoms with Crippen LogP contribution in [0.2, 0.25) is 0 Å². The zero-order chi connectivity index (χ0) is 23.3. The predicted molar refractivity (Wildman–Crippen MR) is 127 cm³/mol. The van der Waals surface area contributed by atoms with Crippen LogP contribution in [0, 0.1) is 5.82 Å². The highest BCUT2D eigenvalue weighted by Crippen LogP contribution is 2.27. The molecule has 32 heavy (non-hydrogen) atoms. The number of hydrogen-bond acceptors (Lipinski definition) is 3. The molecule has 0 unspecified atom stereocenters. The quantitative estimate of drug-likeness (QED) is 0.413. The summed E-state index contributed by atoms with van der Waals surface area (Å²) in [7, 11) is 1.64. The van der Waals surface area contributed by atoms with E-state index in [1.165, 1.54) is 30.7 Å². The molecule has 0 aliphatic carbocycles. The second-order valence-electron chi connectivity index (χ2n) is 7.61. The van der Waals surface area contributed by atoms with Crippen LogP contribution >= 0.6 is 0 Å². The smallest absolute Gasteiger partial charge is 0.123 e. The summed E-state index contributed by atoms with van der Waals surface area (Å²) in [6.45, 7) is 4.83. The Morgan fingerprint density at radius 2 is 1.97 bits per heavy atom. The molecule has 0 saturated heterocycles. The number of nitrogens with zero attached hydrogens (tertiary/aromatic N) is 2. The van der Waals surface area contributed by atoms with Gasteiger partial charge in [0.25, 0.3) is 0 Å². The van der Waals surface area contributed by atoms with Crippen molar-refractivity contribution < 1.29 is 13.5 Å². The third-order valence-corrected chi connectivity index (χ3v) is 5.36. The molecule has 174 valence electrons. The van der Waals surface area contributed by atoms with E-state index in [2.05, 4.69) is 17.7 Å². The first-order valence-corrected chi connectivity index (χ1v) is 11.2. The molecule has 0 fully saturated rings. The van der Waals surface area contributed by atoms with E-state index in [0.29, 0.717) is 12.1 Å². The molecular formula is C26H35F2N3O. The molecule has 1 aromatic carbocycles. The maximum Gasteiger partial charge on any atom is 0.123 e. The normalized spacial score (nSPS) is 14.9. The number of alkyl halides is 1. The monoisotopic (exact) mass is 443 g/mol. The fourth-order valence-corrected chi connectivity index (χ4v) is 3.53. The highest BCUT2D eigenvalue weighted by atomic mass is 19.1. The van der Waals surface area contributed by atoms with Gasteiger partial charge >= 0.3 is 0 Å². The van der Waals surface area contributed by atoms with Gasteiger partial charge < -0.3 is 10.5 Å². The van der Waals surface area contributed by atoms with E-state index < -0.39 is 6.67 Å². The Balaban J connectivity index is 0.000000336. The van der Waals surface area contributed by atoms with Gasteiger partial charge in [-0.25, -0.2) is 8.78 Å². The van der Waals surface area contributed by atoms with Gasteiger partial charge in [-0.15, -0.1) is 0 Å². The highest BCUT2D eigenvalue weighted by Gasteiger charge is 2.16. The average molecular weight is 444 g/mol. The molecule has 1 aliphatic heterocycles. The first kappa shape index (κ1) is 25.5. The summed E-state index contributed by atoms with van der Waals surface area (Å²) in [6.07, 6.45) is 11.2. The lowest BCUT2D eigenvalue weighted by Crippen LogP contribution is -2.03. The van der Waals surface area contributed by atoms with Crippen molar-refractivity contribution in [2.75, 3.05) is 13.8 Å². The molecule has 2 aromatic rings. The second kappa shape index (κ2) is 13.6. The van der Waals surface area contributed by atoms with E-state index in [1.54, 1.807) is 19.2 Å². The summed E-state index contributed by atoms with van der Waals surface area (Å²) in [5.74, 6) is 0.533. The van der Waals surface area contributed by atoms with Crippen LogP contribution in [-0.4, -0.2) is 23.6 Å². The average Bonchev–Trinajstić information content (AvgIpc) is 3.09. The van der Waals surface area contributed by atoms with Crippen molar-refractivity contribution in [1.82, 2.24) is 9.78 Å². The number of rotatable bonds is 7. The van der Waals surface area contributed by atoms with Crippen molar-refractivity contribution in [3.8, 4) is 0 Å². The number of methoxy groups -OCH3 is 1. The first-order chi connectivity index (χ1) is 15.6. The van der Waals surface area contributed by atoms with Crippen LogP contribution in [0.4, 0.5) is 8.78 Å². The van der Waals surface area contributed by atoms with Crippen molar-refractivity contribution in [3.05, 3.63) is 82.7 Å². The summed E-state index contributed by atoms with van der Waals surface area (Å²) in [6, 6.07) is 8.27. The summed E-state index contributed by atoms with van der Waals surface area (Å²) in [5.41, 5.74) is 9.79. The molecule has 0 bridgehead atoms. The third-order valence-electron chi connectivity index (χ3n) is 5.36. The SMILES string of the molecule is C\C=C(CF)/C(=C\C(=C\CC)OC)c1cc2n(n1)CCCCC2.NCc1ccc(F)cc1. The van der Waals surface area contributed by atoms with Crippen molar-refractivity contribution in [1.29, 1.82) is 0 Å². The third kappa shape index (κ3) is 7.45. The van der Waals surface area contributed by atoms with Crippen LogP contribution in [0.5, 0.6) is 0 Å². The number of fused-ring (bicyclic) bond motifs is 1. The molecule has 0 atom stereocenters. The van der Waals surface area contributed by atoms with Crippen LogP contribution in [0.15, 0.2) is 59.9 Å². The van der Waals surface area contributed by atoms with Crippen molar-refractivity contribution in [3.63, 3.8) is 0 Å². The first-order valence-electron chi connectivity index (χ1n) is 11.2. The molecule has 1 aliphatic rings. The number of aromatic nitrogens is 2. The maximum atomic E-state index is 13.5. The van der Waals surface area contributed by atoms with Gasteiger partial charge in [-0.2, -0.15) is 5.10 Å². The Labute approximate surface area is 190 Å². The number of benzene rings is 1. The zero-order valence-electron chi connectivity index (χ0n) is 19.4. The van der Waals surface area contributed by atoms with Crippen molar-refractivity contribution >= 4 is 5.57 Å². The van der Waals surface area contributed by atoms with Crippen molar-refractivity contribution in [2.45, 2.75) is 59.0 Å². The van der Waals surface area contributed by atoms with Gasteiger partial charge in [0, 0.05) is 24.4 Å². The number of halogens is 2. The molecule has 1 aromatic heterocycles. The fraction of sp³-hybridized carbons (Fsp3) is 0.423. The second-order valence-corrected chi connectivity index (χ2v) is 7.61. The largest absolute Gasteiger partial charge is 0.497 e. The van der Waals surface area contributed by atoms with Crippen LogP contribution in [0.25, 0.3) is 5.57 Å². The molecule has 0 saturated carbocycles. The number of aryl methyl sites for hydroxylation is 2. The topological polar surface area (TPSA) is 53.1 Å². The summed E-state index contributed by atoms with van der Waals surface area (Å²) in [4.78, 5) is 0. The summed E-state index contributed by atoms with van der Waals surface area (Å²) < 4.78 is 33.1. The minimum Gasteiger partial charge on any atom is -0.497 e. The van der Waals surface area contributed by atoms with E-state index in [9.17, 15) is 8.78 Å². The number of hydrogen-bond donors (Lipinski definition) is 1. The molecule has 0 amide bonds. The maximum absolute atomic E-state index is 13.5. The molecule has 4 nitrogen and oxygen atoms in total.